The Morgan fingerprint density at radius 3 is 1.32 bits per heavy atom. The number of carbonyl (C=O) groups is 3. The van der Waals surface area contributed by atoms with Crippen molar-refractivity contribution in [2.24, 2.45) is 0 Å². The lowest BCUT2D eigenvalue weighted by atomic mass is 10.00. The first-order chi connectivity index (χ1) is 17.6. The molecule has 7 nitrogen and oxygen atoms in total. The van der Waals surface area contributed by atoms with Crippen LogP contribution in [0.1, 0.15) is 137 Å². The van der Waals surface area contributed by atoms with Crippen LogP contribution in [-0.2, 0) is 14.4 Å². The summed E-state index contributed by atoms with van der Waals surface area (Å²) in [6.45, 7) is 6.58. The molecular weight excluding hydrogens is 470 g/mol. The van der Waals surface area contributed by atoms with Crippen molar-refractivity contribution < 1.29 is 34.2 Å². The molecule has 0 aliphatic rings. The van der Waals surface area contributed by atoms with Crippen LogP contribution in [0.4, 0.5) is 0 Å². The number of quaternary nitrogens is 1. The van der Waals surface area contributed by atoms with Crippen LogP contribution in [0, 0.1) is 0 Å². The molecule has 0 saturated heterocycles. The Bertz CT molecular complexity index is 612. The van der Waals surface area contributed by atoms with Gasteiger partial charge in [-0.2, -0.15) is 0 Å². The number of rotatable bonds is 25. The zero-order chi connectivity index (χ0) is 28.1. The number of carboxylic acids is 3. The molecule has 0 aliphatic heterocycles. The maximum Gasteiger partial charge on any atom is 0.362 e. The smallest absolute Gasteiger partial charge is 0.362 e. The quantitative estimate of drug-likeness (QED) is 0.0846. The molecule has 0 aromatic carbocycles. The van der Waals surface area contributed by atoms with Gasteiger partial charge in [-0.3, -0.25) is 4.48 Å². The molecule has 0 rings (SSSR count). The lowest BCUT2D eigenvalue weighted by Gasteiger charge is -2.49. The predicted octanol–water partition coefficient (Wildman–Crippen LogP) is 6.10. The van der Waals surface area contributed by atoms with Gasteiger partial charge in [0.1, 0.15) is 6.04 Å². The second-order valence-corrected chi connectivity index (χ2v) is 10.7. The number of unbranched alkanes of at least 4 members (excludes halogenated alkanes) is 15. The molecule has 3 atom stereocenters. The molecule has 0 saturated carbocycles. The molecule has 2 N–H and O–H groups in total. The third kappa shape index (κ3) is 14.0. The largest absolute Gasteiger partial charge is 0.544 e. The lowest BCUT2D eigenvalue weighted by molar-refractivity contribution is -0.969. The minimum Gasteiger partial charge on any atom is -0.544 e. The maximum atomic E-state index is 11.8. The summed E-state index contributed by atoms with van der Waals surface area (Å²) >= 11 is 0. The van der Waals surface area contributed by atoms with E-state index in [1.165, 1.54) is 97.8 Å². The maximum absolute atomic E-state index is 11.8. The topological polar surface area (TPSA) is 115 Å². The first-order valence-corrected chi connectivity index (χ1v) is 14.8. The Balaban J connectivity index is 4.13. The van der Waals surface area contributed by atoms with Crippen LogP contribution >= 0.6 is 0 Å². The van der Waals surface area contributed by atoms with E-state index in [1.807, 2.05) is 0 Å². The zero-order valence-corrected chi connectivity index (χ0v) is 24.1. The molecule has 0 aromatic rings. The van der Waals surface area contributed by atoms with Crippen molar-refractivity contribution in [2.75, 3.05) is 6.54 Å². The van der Waals surface area contributed by atoms with E-state index in [-0.39, 0.29) is 6.54 Å². The van der Waals surface area contributed by atoms with E-state index < -0.39 is 40.5 Å². The van der Waals surface area contributed by atoms with E-state index in [2.05, 4.69) is 19.1 Å². The van der Waals surface area contributed by atoms with Gasteiger partial charge in [-0.05, 0) is 59.3 Å². The number of nitrogens with zero attached hydrogens (tertiary/aromatic N) is 1. The third-order valence-electron chi connectivity index (χ3n) is 8.03. The average molecular weight is 526 g/mol. The molecule has 0 amide bonds. The van der Waals surface area contributed by atoms with Crippen molar-refractivity contribution in [3.8, 4) is 0 Å². The van der Waals surface area contributed by atoms with Crippen molar-refractivity contribution in [1.29, 1.82) is 0 Å². The van der Waals surface area contributed by atoms with Crippen molar-refractivity contribution >= 4 is 17.9 Å². The molecule has 37 heavy (non-hydrogen) atoms. The predicted molar refractivity (Wildman–Crippen MR) is 147 cm³/mol. The van der Waals surface area contributed by atoms with Crippen LogP contribution in [0.25, 0.3) is 0 Å². The van der Waals surface area contributed by atoms with Crippen LogP contribution in [0.15, 0.2) is 12.2 Å². The minimum absolute atomic E-state index is 0.185. The summed E-state index contributed by atoms with van der Waals surface area (Å²) < 4.78 is -0.539. The molecule has 0 aromatic heterocycles. The summed E-state index contributed by atoms with van der Waals surface area (Å²) in [5, 5.41) is 30.9. The highest BCUT2D eigenvalue weighted by Gasteiger charge is 2.50. The minimum atomic E-state index is -1.42. The Morgan fingerprint density at radius 1 is 0.622 bits per heavy atom. The summed E-state index contributed by atoms with van der Waals surface area (Å²) in [6.07, 6.45) is 24.7. The van der Waals surface area contributed by atoms with Crippen molar-refractivity contribution in [3.05, 3.63) is 12.2 Å². The normalized spacial score (nSPS) is 15.8. The Labute approximate surface area is 225 Å². The SMILES string of the molecule is CCCCC/C=C/CCCCCCCCCCCCCC[N+](C(C)C(=O)[O-])(C(C)C(=O)O)C(C)C(=O)O. The van der Waals surface area contributed by atoms with E-state index in [9.17, 15) is 29.7 Å². The molecule has 0 bridgehead atoms. The van der Waals surface area contributed by atoms with E-state index in [1.54, 1.807) is 0 Å². The monoisotopic (exact) mass is 525 g/mol. The van der Waals surface area contributed by atoms with Crippen LogP contribution in [-0.4, -0.2) is 57.3 Å². The zero-order valence-electron chi connectivity index (χ0n) is 24.1. The average Bonchev–Trinajstić information content (AvgIpc) is 2.86. The summed E-state index contributed by atoms with van der Waals surface area (Å²) in [7, 11) is 0. The van der Waals surface area contributed by atoms with E-state index in [0.717, 1.165) is 25.7 Å². The van der Waals surface area contributed by atoms with Gasteiger partial charge in [0, 0.05) is 0 Å². The fraction of sp³-hybridized carbons (Fsp3) is 0.833. The number of carboxylic acid groups (broad SMARTS) is 3. The number of allylic oxidation sites excluding steroid dienone is 2. The molecule has 0 radical (unpaired) electrons. The van der Waals surface area contributed by atoms with Gasteiger partial charge in [-0.25, -0.2) is 9.59 Å². The van der Waals surface area contributed by atoms with Crippen LogP contribution in [0.5, 0.6) is 0 Å². The van der Waals surface area contributed by atoms with E-state index >= 15 is 0 Å². The Hall–Kier alpha value is -1.89. The van der Waals surface area contributed by atoms with Gasteiger partial charge in [-0.1, -0.05) is 89.7 Å². The number of carbonyl (C=O) groups excluding carboxylic acids is 1. The van der Waals surface area contributed by atoms with Gasteiger partial charge in [0.05, 0.1) is 12.5 Å². The van der Waals surface area contributed by atoms with Crippen molar-refractivity contribution in [3.63, 3.8) is 0 Å². The molecule has 216 valence electrons. The van der Waals surface area contributed by atoms with Crippen LogP contribution < -0.4 is 5.11 Å². The molecular formula is C30H55NO6. The summed E-state index contributed by atoms with van der Waals surface area (Å²) in [6, 6.07) is -3.55. The molecule has 0 aliphatic carbocycles. The van der Waals surface area contributed by atoms with Gasteiger partial charge in [0.15, 0.2) is 12.1 Å². The highest BCUT2D eigenvalue weighted by atomic mass is 16.4. The number of aliphatic carboxylic acids is 3. The summed E-state index contributed by atoms with van der Waals surface area (Å²) in [5.41, 5.74) is 0. The van der Waals surface area contributed by atoms with Crippen LogP contribution in [0.2, 0.25) is 0 Å². The van der Waals surface area contributed by atoms with Gasteiger partial charge in [0.2, 0.25) is 0 Å². The van der Waals surface area contributed by atoms with Gasteiger partial charge >= 0.3 is 11.9 Å². The lowest BCUT2D eigenvalue weighted by Crippen LogP contribution is -2.72. The first-order valence-electron chi connectivity index (χ1n) is 14.8. The van der Waals surface area contributed by atoms with E-state index in [4.69, 9.17) is 0 Å². The molecule has 3 unspecified atom stereocenters. The number of hydrogen-bond donors (Lipinski definition) is 2. The summed E-state index contributed by atoms with van der Waals surface area (Å²) in [5.74, 6) is -3.82. The molecule has 0 fully saturated rings. The standard InChI is InChI=1S/C30H55NO6/c1-5-6-7-8-9-10-11-12-13-14-15-16-17-18-19-20-21-22-23-24-31(25(2)28(32)33,26(3)29(34)35)27(4)30(36)37/h9-10,25-27H,5-8,11-24H2,1-4H3,(H2-,32,33,34,35,36,37)/b10-9+. The third-order valence-corrected chi connectivity index (χ3v) is 8.03. The first kappa shape index (κ1) is 35.1. The molecule has 0 heterocycles. The number of hydrogen-bond acceptors (Lipinski definition) is 4. The Morgan fingerprint density at radius 2 is 0.973 bits per heavy atom. The van der Waals surface area contributed by atoms with Crippen LogP contribution in [0.3, 0.4) is 0 Å². The van der Waals surface area contributed by atoms with Crippen molar-refractivity contribution in [2.45, 2.75) is 155 Å². The second-order valence-electron chi connectivity index (χ2n) is 10.7. The fourth-order valence-electron chi connectivity index (χ4n) is 5.36. The van der Waals surface area contributed by atoms with Gasteiger partial charge in [0.25, 0.3) is 0 Å². The van der Waals surface area contributed by atoms with Gasteiger partial charge < -0.3 is 20.1 Å². The second kappa shape index (κ2) is 21.1. The van der Waals surface area contributed by atoms with E-state index in [0.29, 0.717) is 6.42 Å². The fourth-order valence-corrected chi connectivity index (χ4v) is 5.36. The highest BCUT2D eigenvalue weighted by Crippen LogP contribution is 2.27. The highest BCUT2D eigenvalue weighted by molar-refractivity contribution is 5.76. The van der Waals surface area contributed by atoms with Crippen molar-refractivity contribution in [1.82, 2.24) is 0 Å². The Kier molecular flexibility index (Phi) is 20.0. The summed E-state index contributed by atoms with van der Waals surface area (Å²) in [4.78, 5) is 35.2. The molecule has 7 heteroatoms. The van der Waals surface area contributed by atoms with Gasteiger partial charge in [-0.15, -0.1) is 0 Å². The molecule has 0 spiro atoms.